The fraction of sp³-hybridized carbons (Fsp3) is 0.429. The molecular formula is C14H17FN2O3. The predicted octanol–water partition coefficient (Wildman–Crippen LogP) is 1.56. The van der Waals surface area contributed by atoms with Crippen LogP contribution in [-0.4, -0.2) is 41.5 Å². The molecule has 1 fully saturated rings. The van der Waals surface area contributed by atoms with Crippen molar-refractivity contribution in [1.82, 2.24) is 4.90 Å². The minimum Gasteiger partial charge on any atom is -0.481 e. The van der Waals surface area contributed by atoms with Crippen LogP contribution in [-0.2, 0) is 9.59 Å². The van der Waals surface area contributed by atoms with Crippen LogP contribution in [0.1, 0.15) is 12.8 Å². The van der Waals surface area contributed by atoms with E-state index in [-0.39, 0.29) is 30.5 Å². The average Bonchev–Trinajstić information content (AvgIpc) is 2.78. The van der Waals surface area contributed by atoms with Gasteiger partial charge in [-0.1, -0.05) is 12.1 Å². The van der Waals surface area contributed by atoms with Crippen LogP contribution in [0.3, 0.4) is 0 Å². The Morgan fingerprint density at radius 3 is 2.85 bits per heavy atom. The van der Waals surface area contributed by atoms with Gasteiger partial charge in [-0.05, 0) is 31.0 Å². The molecule has 1 aliphatic heterocycles. The van der Waals surface area contributed by atoms with Gasteiger partial charge < -0.3 is 10.4 Å². The number of benzene rings is 1. The highest BCUT2D eigenvalue weighted by Crippen LogP contribution is 2.19. The summed E-state index contributed by atoms with van der Waals surface area (Å²) in [6, 6.07) is 6.00. The van der Waals surface area contributed by atoms with Gasteiger partial charge in [-0.2, -0.15) is 0 Å². The SMILES string of the molecule is O=C(O)CC1CCN(CC(=O)Nc2ccccc2F)C1. The molecule has 1 aromatic rings. The summed E-state index contributed by atoms with van der Waals surface area (Å²) in [5.41, 5.74) is 0.166. The van der Waals surface area contributed by atoms with Gasteiger partial charge in [0.15, 0.2) is 0 Å². The number of hydrogen-bond acceptors (Lipinski definition) is 3. The van der Waals surface area contributed by atoms with Crippen molar-refractivity contribution in [1.29, 1.82) is 0 Å². The summed E-state index contributed by atoms with van der Waals surface area (Å²) in [7, 11) is 0. The van der Waals surface area contributed by atoms with Gasteiger partial charge in [0.1, 0.15) is 5.82 Å². The molecule has 2 rings (SSSR count). The molecule has 1 atom stereocenters. The molecular weight excluding hydrogens is 263 g/mol. The summed E-state index contributed by atoms with van der Waals surface area (Å²) in [4.78, 5) is 24.3. The smallest absolute Gasteiger partial charge is 0.303 e. The number of hydrogen-bond donors (Lipinski definition) is 2. The highest BCUT2D eigenvalue weighted by molar-refractivity contribution is 5.92. The first kappa shape index (κ1) is 14.5. The van der Waals surface area contributed by atoms with E-state index in [1.165, 1.54) is 12.1 Å². The van der Waals surface area contributed by atoms with E-state index in [4.69, 9.17) is 5.11 Å². The number of halogens is 1. The van der Waals surface area contributed by atoms with Crippen molar-refractivity contribution >= 4 is 17.6 Å². The monoisotopic (exact) mass is 280 g/mol. The summed E-state index contributed by atoms with van der Waals surface area (Å²) in [6.45, 7) is 1.45. The molecule has 1 aliphatic rings. The van der Waals surface area contributed by atoms with Crippen LogP contribution in [0.25, 0.3) is 0 Å². The molecule has 0 aromatic heterocycles. The van der Waals surface area contributed by atoms with E-state index in [2.05, 4.69) is 5.32 Å². The number of carboxylic acids is 1. The molecule has 0 bridgehead atoms. The zero-order chi connectivity index (χ0) is 14.5. The van der Waals surface area contributed by atoms with E-state index in [9.17, 15) is 14.0 Å². The maximum absolute atomic E-state index is 13.4. The number of para-hydroxylation sites is 1. The van der Waals surface area contributed by atoms with E-state index >= 15 is 0 Å². The Morgan fingerprint density at radius 1 is 1.40 bits per heavy atom. The number of carbonyl (C=O) groups excluding carboxylic acids is 1. The van der Waals surface area contributed by atoms with Gasteiger partial charge in [-0.15, -0.1) is 0 Å². The summed E-state index contributed by atoms with van der Waals surface area (Å²) < 4.78 is 13.4. The lowest BCUT2D eigenvalue weighted by molar-refractivity contribution is -0.138. The van der Waals surface area contributed by atoms with Crippen LogP contribution in [0.2, 0.25) is 0 Å². The molecule has 0 saturated carbocycles. The van der Waals surface area contributed by atoms with Gasteiger partial charge in [0.2, 0.25) is 5.91 Å². The maximum Gasteiger partial charge on any atom is 0.303 e. The Hall–Kier alpha value is -1.95. The second-order valence-electron chi connectivity index (χ2n) is 5.02. The number of likely N-dealkylation sites (tertiary alicyclic amines) is 1. The largest absolute Gasteiger partial charge is 0.481 e. The van der Waals surface area contributed by atoms with Crippen LogP contribution >= 0.6 is 0 Å². The first-order valence-electron chi connectivity index (χ1n) is 6.53. The van der Waals surface area contributed by atoms with Crippen molar-refractivity contribution in [3.8, 4) is 0 Å². The van der Waals surface area contributed by atoms with Gasteiger partial charge in [0.05, 0.1) is 12.2 Å². The topological polar surface area (TPSA) is 69.6 Å². The normalized spacial score (nSPS) is 18.9. The molecule has 1 heterocycles. The number of amides is 1. The minimum atomic E-state index is -0.812. The Bertz CT molecular complexity index is 507. The molecule has 1 saturated heterocycles. The van der Waals surface area contributed by atoms with Crippen molar-refractivity contribution in [2.75, 3.05) is 25.0 Å². The van der Waals surface area contributed by atoms with Crippen LogP contribution in [0, 0.1) is 11.7 Å². The first-order chi connectivity index (χ1) is 9.54. The third-order valence-electron chi connectivity index (χ3n) is 3.35. The van der Waals surface area contributed by atoms with Crippen molar-refractivity contribution in [3.05, 3.63) is 30.1 Å². The zero-order valence-electron chi connectivity index (χ0n) is 11.0. The van der Waals surface area contributed by atoms with Crippen LogP contribution in [0.5, 0.6) is 0 Å². The molecule has 2 N–H and O–H groups in total. The molecule has 1 unspecified atom stereocenters. The van der Waals surface area contributed by atoms with Gasteiger partial charge in [-0.3, -0.25) is 14.5 Å². The Labute approximate surface area is 116 Å². The van der Waals surface area contributed by atoms with Crippen molar-refractivity contribution < 1.29 is 19.1 Å². The third kappa shape index (κ3) is 4.03. The van der Waals surface area contributed by atoms with Gasteiger partial charge >= 0.3 is 5.97 Å². The lowest BCUT2D eigenvalue weighted by Crippen LogP contribution is -2.32. The summed E-state index contributed by atoms with van der Waals surface area (Å²) in [5.74, 6) is -1.47. The fourth-order valence-electron chi connectivity index (χ4n) is 2.43. The van der Waals surface area contributed by atoms with E-state index in [1.807, 2.05) is 4.90 Å². The van der Waals surface area contributed by atoms with Crippen molar-refractivity contribution in [3.63, 3.8) is 0 Å². The van der Waals surface area contributed by atoms with E-state index in [1.54, 1.807) is 12.1 Å². The molecule has 6 heteroatoms. The standard InChI is InChI=1S/C14H17FN2O3/c15-11-3-1-2-4-12(11)16-13(18)9-17-6-5-10(8-17)7-14(19)20/h1-4,10H,5-9H2,(H,16,18)(H,19,20). The second kappa shape index (κ2) is 6.47. The van der Waals surface area contributed by atoms with Gasteiger partial charge in [-0.25, -0.2) is 4.39 Å². The lowest BCUT2D eigenvalue weighted by atomic mass is 10.1. The van der Waals surface area contributed by atoms with Crippen molar-refractivity contribution in [2.24, 2.45) is 5.92 Å². The second-order valence-corrected chi connectivity index (χ2v) is 5.02. The predicted molar refractivity (Wildman–Crippen MR) is 71.8 cm³/mol. The molecule has 0 spiro atoms. The number of rotatable bonds is 5. The highest BCUT2D eigenvalue weighted by Gasteiger charge is 2.25. The lowest BCUT2D eigenvalue weighted by Gasteiger charge is -2.15. The summed E-state index contributed by atoms with van der Waals surface area (Å²) in [5, 5.41) is 11.2. The molecule has 0 radical (unpaired) electrons. The Morgan fingerprint density at radius 2 is 2.15 bits per heavy atom. The number of anilines is 1. The number of carbonyl (C=O) groups is 2. The maximum atomic E-state index is 13.4. The van der Waals surface area contributed by atoms with E-state index in [0.717, 1.165) is 6.42 Å². The molecule has 1 aromatic carbocycles. The molecule has 108 valence electrons. The minimum absolute atomic E-state index is 0.0914. The molecule has 20 heavy (non-hydrogen) atoms. The first-order valence-corrected chi connectivity index (χ1v) is 6.53. The number of aliphatic carboxylic acids is 1. The van der Waals surface area contributed by atoms with Gasteiger partial charge in [0, 0.05) is 13.0 Å². The summed E-state index contributed by atoms with van der Waals surface area (Å²) >= 11 is 0. The van der Waals surface area contributed by atoms with E-state index < -0.39 is 11.8 Å². The van der Waals surface area contributed by atoms with Crippen LogP contribution in [0.4, 0.5) is 10.1 Å². The summed E-state index contributed by atoms with van der Waals surface area (Å²) in [6.07, 6.45) is 0.907. The van der Waals surface area contributed by atoms with Crippen LogP contribution in [0.15, 0.2) is 24.3 Å². The van der Waals surface area contributed by atoms with Crippen LogP contribution < -0.4 is 5.32 Å². The number of nitrogens with one attached hydrogen (secondary N) is 1. The number of nitrogens with zero attached hydrogens (tertiary/aromatic N) is 1. The zero-order valence-corrected chi connectivity index (χ0v) is 11.0. The number of carboxylic acid groups (broad SMARTS) is 1. The highest BCUT2D eigenvalue weighted by atomic mass is 19.1. The quantitative estimate of drug-likeness (QED) is 0.858. The van der Waals surface area contributed by atoms with E-state index in [0.29, 0.717) is 13.1 Å². The Balaban J connectivity index is 1.81. The van der Waals surface area contributed by atoms with Gasteiger partial charge in [0.25, 0.3) is 0 Å². The average molecular weight is 280 g/mol. The molecule has 1 amide bonds. The fourth-order valence-corrected chi connectivity index (χ4v) is 2.43. The van der Waals surface area contributed by atoms with Crippen molar-refractivity contribution in [2.45, 2.75) is 12.8 Å². The third-order valence-corrected chi connectivity index (χ3v) is 3.35. The molecule has 0 aliphatic carbocycles. The Kier molecular flexibility index (Phi) is 4.68. The molecule has 5 nitrogen and oxygen atoms in total.